The van der Waals surface area contributed by atoms with E-state index in [1.807, 2.05) is 62.4 Å². The van der Waals surface area contributed by atoms with Crippen molar-refractivity contribution in [1.82, 2.24) is 4.90 Å². The van der Waals surface area contributed by atoms with Gasteiger partial charge in [0.2, 0.25) is 0 Å². The molecule has 0 radical (unpaired) electrons. The summed E-state index contributed by atoms with van der Waals surface area (Å²) < 4.78 is 0. The molecular formula is C19H23NO2. The fraction of sp³-hybridized carbons (Fsp3) is 0.316. The Morgan fingerprint density at radius 3 is 2.23 bits per heavy atom. The highest BCUT2D eigenvalue weighted by molar-refractivity contribution is 5.94. The molecule has 0 aliphatic carbocycles. The molecule has 1 amide bonds. The minimum absolute atomic E-state index is 0.0536. The van der Waals surface area contributed by atoms with Crippen LogP contribution in [-0.4, -0.2) is 35.6 Å². The third-order valence-electron chi connectivity index (χ3n) is 3.86. The van der Waals surface area contributed by atoms with E-state index in [0.717, 1.165) is 16.7 Å². The lowest BCUT2D eigenvalue weighted by Gasteiger charge is -2.27. The molecule has 116 valence electrons. The zero-order valence-electron chi connectivity index (χ0n) is 13.4. The van der Waals surface area contributed by atoms with Crippen molar-refractivity contribution in [1.29, 1.82) is 0 Å². The molecule has 2 aromatic rings. The molecule has 0 heterocycles. The zero-order chi connectivity index (χ0) is 16.1. The monoisotopic (exact) mass is 297 g/mol. The summed E-state index contributed by atoms with van der Waals surface area (Å²) in [5.41, 5.74) is 3.92. The van der Waals surface area contributed by atoms with Gasteiger partial charge in [0.1, 0.15) is 0 Å². The Morgan fingerprint density at radius 1 is 1.09 bits per heavy atom. The van der Waals surface area contributed by atoms with Gasteiger partial charge in [0.05, 0.1) is 12.6 Å². The van der Waals surface area contributed by atoms with Crippen LogP contribution in [0.1, 0.15) is 27.0 Å². The normalized spacial score (nSPS) is 12.0. The van der Waals surface area contributed by atoms with Gasteiger partial charge in [0.25, 0.3) is 5.91 Å². The zero-order valence-corrected chi connectivity index (χ0v) is 13.4. The van der Waals surface area contributed by atoms with Crippen LogP contribution in [0, 0.1) is 13.8 Å². The Hall–Kier alpha value is -2.13. The molecular weight excluding hydrogens is 274 g/mol. The van der Waals surface area contributed by atoms with Gasteiger partial charge in [0, 0.05) is 12.6 Å². The Balaban J connectivity index is 2.16. The van der Waals surface area contributed by atoms with Crippen molar-refractivity contribution < 1.29 is 9.90 Å². The minimum atomic E-state index is -0.226. The summed E-state index contributed by atoms with van der Waals surface area (Å²) in [5.74, 6) is -0.0539. The molecule has 3 nitrogen and oxygen atoms in total. The van der Waals surface area contributed by atoms with Crippen LogP contribution in [0.3, 0.4) is 0 Å². The molecule has 1 atom stereocenters. The van der Waals surface area contributed by atoms with Gasteiger partial charge in [-0.2, -0.15) is 0 Å². The summed E-state index contributed by atoms with van der Waals surface area (Å²) in [7, 11) is 1.75. The first-order valence-electron chi connectivity index (χ1n) is 7.51. The number of aryl methyl sites for hydroxylation is 2. The van der Waals surface area contributed by atoms with Crippen LogP contribution in [0.4, 0.5) is 0 Å². The highest BCUT2D eigenvalue weighted by atomic mass is 16.3. The van der Waals surface area contributed by atoms with E-state index in [1.165, 1.54) is 0 Å². The summed E-state index contributed by atoms with van der Waals surface area (Å²) in [6, 6.07) is 15.5. The lowest BCUT2D eigenvalue weighted by Crippen LogP contribution is -2.41. The van der Waals surface area contributed by atoms with Gasteiger partial charge < -0.3 is 10.0 Å². The second-order valence-electron chi connectivity index (χ2n) is 5.82. The molecule has 22 heavy (non-hydrogen) atoms. The lowest BCUT2D eigenvalue weighted by molar-refractivity contribution is 0.0660. The second-order valence-corrected chi connectivity index (χ2v) is 5.82. The SMILES string of the molecule is Cc1cc(C)cc(C(=O)N(C)[C@@H](CO)Cc2ccccc2)c1. The fourth-order valence-electron chi connectivity index (χ4n) is 2.68. The van der Waals surface area contributed by atoms with E-state index in [9.17, 15) is 9.90 Å². The van der Waals surface area contributed by atoms with E-state index < -0.39 is 0 Å². The average Bonchev–Trinajstić information content (AvgIpc) is 2.51. The predicted molar refractivity (Wildman–Crippen MR) is 89.0 cm³/mol. The number of hydrogen-bond acceptors (Lipinski definition) is 2. The molecule has 0 aliphatic heterocycles. The molecule has 0 aliphatic rings. The summed E-state index contributed by atoms with van der Waals surface area (Å²) in [6.45, 7) is 3.91. The van der Waals surface area contributed by atoms with E-state index >= 15 is 0 Å². The predicted octanol–water partition coefficient (Wildman–Crippen LogP) is 2.98. The quantitative estimate of drug-likeness (QED) is 0.921. The van der Waals surface area contributed by atoms with Crippen LogP contribution >= 0.6 is 0 Å². The molecule has 0 saturated heterocycles. The van der Waals surface area contributed by atoms with E-state index in [2.05, 4.69) is 0 Å². The molecule has 0 aromatic heterocycles. The van der Waals surface area contributed by atoms with Gasteiger partial charge in [-0.1, -0.05) is 47.5 Å². The van der Waals surface area contributed by atoms with Crippen LogP contribution in [0.25, 0.3) is 0 Å². The van der Waals surface area contributed by atoms with E-state index in [1.54, 1.807) is 11.9 Å². The number of aliphatic hydroxyl groups excluding tert-OH is 1. The first-order valence-corrected chi connectivity index (χ1v) is 7.51. The fourth-order valence-corrected chi connectivity index (χ4v) is 2.68. The number of carbonyl (C=O) groups is 1. The van der Waals surface area contributed by atoms with Crippen molar-refractivity contribution in [2.45, 2.75) is 26.3 Å². The molecule has 0 bridgehead atoms. The van der Waals surface area contributed by atoms with E-state index in [0.29, 0.717) is 12.0 Å². The molecule has 2 rings (SSSR count). The number of amides is 1. The number of benzene rings is 2. The van der Waals surface area contributed by atoms with Crippen molar-refractivity contribution in [3.63, 3.8) is 0 Å². The van der Waals surface area contributed by atoms with Gasteiger partial charge in [-0.05, 0) is 38.0 Å². The third-order valence-corrected chi connectivity index (χ3v) is 3.86. The number of nitrogens with zero attached hydrogens (tertiary/aromatic N) is 1. The molecule has 0 spiro atoms. The lowest BCUT2D eigenvalue weighted by atomic mass is 10.0. The maximum atomic E-state index is 12.7. The molecule has 0 unspecified atom stereocenters. The van der Waals surface area contributed by atoms with Gasteiger partial charge in [0.15, 0.2) is 0 Å². The maximum absolute atomic E-state index is 12.7. The summed E-state index contributed by atoms with van der Waals surface area (Å²) in [5, 5.41) is 9.67. The molecule has 0 saturated carbocycles. The van der Waals surface area contributed by atoms with Crippen molar-refractivity contribution in [2.75, 3.05) is 13.7 Å². The summed E-state index contributed by atoms with van der Waals surface area (Å²) >= 11 is 0. The number of rotatable bonds is 5. The van der Waals surface area contributed by atoms with Crippen molar-refractivity contribution in [3.05, 3.63) is 70.8 Å². The van der Waals surface area contributed by atoms with Gasteiger partial charge in [-0.25, -0.2) is 0 Å². The maximum Gasteiger partial charge on any atom is 0.253 e. The summed E-state index contributed by atoms with van der Waals surface area (Å²) in [6.07, 6.45) is 0.643. The van der Waals surface area contributed by atoms with Crippen LogP contribution in [-0.2, 0) is 6.42 Å². The average molecular weight is 297 g/mol. The van der Waals surface area contributed by atoms with Crippen molar-refractivity contribution >= 4 is 5.91 Å². The van der Waals surface area contributed by atoms with Crippen LogP contribution < -0.4 is 0 Å². The topological polar surface area (TPSA) is 40.5 Å². The molecule has 1 N–H and O–H groups in total. The van der Waals surface area contributed by atoms with Crippen LogP contribution in [0.15, 0.2) is 48.5 Å². The Labute approximate surface area is 132 Å². The van der Waals surface area contributed by atoms with E-state index in [-0.39, 0.29) is 18.6 Å². The largest absolute Gasteiger partial charge is 0.394 e. The van der Waals surface area contributed by atoms with Gasteiger partial charge in [-0.3, -0.25) is 4.79 Å². The highest BCUT2D eigenvalue weighted by Gasteiger charge is 2.21. The Kier molecular flexibility index (Phi) is 5.34. The van der Waals surface area contributed by atoms with Crippen LogP contribution in [0.5, 0.6) is 0 Å². The van der Waals surface area contributed by atoms with Gasteiger partial charge in [-0.15, -0.1) is 0 Å². The smallest absolute Gasteiger partial charge is 0.253 e. The molecule has 2 aromatic carbocycles. The van der Waals surface area contributed by atoms with Gasteiger partial charge >= 0.3 is 0 Å². The first-order chi connectivity index (χ1) is 10.5. The first kappa shape index (κ1) is 16.2. The van der Waals surface area contributed by atoms with Crippen molar-refractivity contribution in [2.24, 2.45) is 0 Å². The highest BCUT2D eigenvalue weighted by Crippen LogP contribution is 2.14. The Bertz CT molecular complexity index is 617. The van der Waals surface area contributed by atoms with Crippen LogP contribution in [0.2, 0.25) is 0 Å². The number of aliphatic hydroxyl groups is 1. The molecule has 0 fully saturated rings. The van der Waals surface area contributed by atoms with Crippen molar-refractivity contribution in [3.8, 4) is 0 Å². The number of carbonyl (C=O) groups excluding carboxylic acids is 1. The third kappa shape index (κ3) is 3.95. The summed E-state index contributed by atoms with van der Waals surface area (Å²) in [4.78, 5) is 14.3. The number of hydrogen-bond donors (Lipinski definition) is 1. The second kappa shape index (κ2) is 7.23. The Morgan fingerprint density at radius 2 is 1.68 bits per heavy atom. The number of likely N-dealkylation sites (N-methyl/N-ethyl adjacent to an activating group) is 1. The van der Waals surface area contributed by atoms with E-state index in [4.69, 9.17) is 0 Å². The standard InChI is InChI=1S/C19H23NO2/c1-14-9-15(2)11-17(10-14)19(22)20(3)18(13-21)12-16-7-5-4-6-8-16/h4-11,18,21H,12-13H2,1-3H3/t18-/m1/s1. The minimum Gasteiger partial charge on any atom is -0.394 e. The molecule has 3 heteroatoms.